The highest BCUT2D eigenvalue weighted by atomic mass is 35.5. The first-order valence-electron chi connectivity index (χ1n) is 22.7. The fourth-order valence-corrected chi connectivity index (χ4v) is 10.6. The molecule has 0 aliphatic carbocycles. The van der Waals surface area contributed by atoms with Gasteiger partial charge in [-0.15, -0.1) is 0 Å². The van der Waals surface area contributed by atoms with Crippen LogP contribution in [0.4, 0.5) is 0 Å². The van der Waals surface area contributed by atoms with Crippen LogP contribution in [0, 0.1) is 11.8 Å². The van der Waals surface area contributed by atoms with Gasteiger partial charge in [-0.25, -0.2) is 4.98 Å². The number of nitrogens with zero attached hydrogens (tertiary/aromatic N) is 2. The van der Waals surface area contributed by atoms with E-state index in [2.05, 4.69) is 41.9 Å². The zero-order valence-electron chi connectivity index (χ0n) is 38.7. The molecular weight excluding hydrogens is 954 g/mol. The Morgan fingerprint density at radius 3 is 2.23 bits per heavy atom. The molecule has 3 aromatic rings. The first-order valence-corrected chi connectivity index (χ1v) is 25.5. The van der Waals surface area contributed by atoms with Gasteiger partial charge in [0.1, 0.15) is 36.1 Å². The largest absolute Gasteiger partial charge is 0.506 e. The molecule has 0 radical (unpaired) electrons. The van der Waals surface area contributed by atoms with Crippen LogP contribution in [0.15, 0.2) is 61.1 Å². The number of halogens is 1. The van der Waals surface area contributed by atoms with E-state index in [0.29, 0.717) is 23.4 Å². The van der Waals surface area contributed by atoms with Crippen LogP contribution >= 0.6 is 33.2 Å². The number of hydrogen-bond acceptors (Lipinski definition) is 14. The van der Waals surface area contributed by atoms with Gasteiger partial charge in [0.2, 0.25) is 35.4 Å². The fourth-order valence-electron chi connectivity index (χ4n) is 7.98. The van der Waals surface area contributed by atoms with E-state index in [4.69, 9.17) is 11.6 Å². The minimum atomic E-state index is -1.75. The van der Waals surface area contributed by atoms with Crippen LogP contribution < -0.4 is 31.9 Å². The molecule has 11 N–H and O–H groups in total. The molecule has 0 spiro atoms. The van der Waals surface area contributed by atoms with E-state index in [0.717, 1.165) is 5.56 Å². The lowest BCUT2D eigenvalue weighted by molar-refractivity contribution is -0.141. The standard InChI is InChI=1S/C46H62ClN9O11S2/c1-24(2)12-32-41(62)50-26(4)21-68-69-22-36(55-43(64)34(16-29-19-48-23-49-29)51-40(61)25(3)13-27-8-6-5-7-9-27)46(67)56-20-30(57)17-37(56)45(66)54-33(15-28-10-11-38(58)31(47)14-28)42(63)53-35(18-39(59)60)44(65)52-32/h5-11,14,19,23-26,30,32-37,45,54,57-58,66H,12-13,15-18,20-22H2,1-4H3,(H,48,49)(H,50,62)(H,51,61)(H,52,65)(H,53,63)(H,55,64)(H,59,60)/t25-,26+,30?,32-,33-,34-,35-,36-,37?,45+/m0/s1. The lowest BCUT2D eigenvalue weighted by atomic mass is 9.99. The predicted octanol–water partition coefficient (Wildman–Crippen LogP) is 1.03. The maximum atomic E-state index is 14.8. The van der Waals surface area contributed by atoms with Crippen molar-refractivity contribution in [2.75, 3.05) is 18.1 Å². The minimum Gasteiger partial charge on any atom is -0.506 e. The van der Waals surface area contributed by atoms with Crippen molar-refractivity contribution in [1.82, 2.24) is 46.8 Å². The Labute approximate surface area is 413 Å². The average molecular weight is 1020 g/mol. The van der Waals surface area contributed by atoms with Crippen LogP contribution in [0.25, 0.3) is 0 Å². The van der Waals surface area contributed by atoms with Gasteiger partial charge in [-0.3, -0.25) is 38.9 Å². The van der Waals surface area contributed by atoms with E-state index in [-0.39, 0.29) is 54.7 Å². The second-order valence-corrected chi connectivity index (χ2v) is 20.9. The molecule has 0 bridgehead atoms. The smallest absolute Gasteiger partial charge is 0.305 e. The van der Waals surface area contributed by atoms with Crippen molar-refractivity contribution < 1.29 is 54.0 Å². The molecule has 2 aliphatic rings. The van der Waals surface area contributed by atoms with E-state index in [1.165, 1.54) is 57.2 Å². The topological polar surface area (TPSA) is 305 Å². The van der Waals surface area contributed by atoms with Crippen molar-refractivity contribution in [3.05, 3.63) is 82.9 Å². The van der Waals surface area contributed by atoms with Crippen molar-refractivity contribution in [3.63, 3.8) is 0 Å². The van der Waals surface area contributed by atoms with Gasteiger partial charge < -0.3 is 56.9 Å². The van der Waals surface area contributed by atoms with Gasteiger partial charge in [0.25, 0.3) is 0 Å². The number of aliphatic hydroxyl groups excluding tert-OH is 2. The van der Waals surface area contributed by atoms with E-state index >= 15 is 0 Å². The Bertz CT molecular complexity index is 2250. The van der Waals surface area contributed by atoms with Crippen molar-refractivity contribution in [3.8, 4) is 5.75 Å². The Hall–Kier alpha value is -5.39. The number of carboxylic acid groups (broad SMARTS) is 1. The summed E-state index contributed by atoms with van der Waals surface area (Å²) in [5.41, 5.74) is 1.83. The first kappa shape index (κ1) is 54.5. The molecule has 376 valence electrons. The summed E-state index contributed by atoms with van der Waals surface area (Å²) in [6.45, 7) is 6.87. The van der Waals surface area contributed by atoms with Crippen molar-refractivity contribution >= 4 is 74.6 Å². The number of carbonyl (C=O) groups is 7. The third-order valence-corrected chi connectivity index (χ3v) is 14.4. The summed E-state index contributed by atoms with van der Waals surface area (Å²) >= 11 is 6.20. The number of carbonyl (C=O) groups excluding carboxylic acids is 6. The molecule has 2 aromatic carbocycles. The molecule has 69 heavy (non-hydrogen) atoms. The molecule has 2 fully saturated rings. The van der Waals surface area contributed by atoms with Crippen molar-refractivity contribution in [2.45, 2.75) is 121 Å². The van der Waals surface area contributed by atoms with Crippen LogP contribution in [-0.4, -0.2) is 149 Å². The number of aliphatic carboxylic acids is 1. The molecule has 10 atom stereocenters. The summed E-state index contributed by atoms with van der Waals surface area (Å²) in [4.78, 5) is 105. The number of aliphatic hydroxyl groups is 2. The monoisotopic (exact) mass is 1020 g/mol. The summed E-state index contributed by atoms with van der Waals surface area (Å²) < 4.78 is 0. The maximum absolute atomic E-state index is 14.8. The normalized spacial score (nSPS) is 25.4. The molecule has 1 aromatic heterocycles. The number of hydrogen-bond donors (Lipinski definition) is 11. The molecule has 23 heteroatoms. The highest BCUT2D eigenvalue weighted by molar-refractivity contribution is 8.76. The number of aromatic amines is 1. The lowest BCUT2D eigenvalue weighted by Crippen LogP contribution is -2.61. The van der Waals surface area contributed by atoms with Gasteiger partial charge in [0.15, 0.2) is 0 Å². The number of aromatic nitrogens is 2. The maximum Gasteiger partial charge on any atom is 0.305 e. The summed E-state index contributed by atoms with van der Waals surface area (Å²) in [6.07, 6.45) is -0.687. The predicted molar refractivity (Wildman–Crippen MR) is 259 cm³/mol. The summed E-state index contributed by atoms with van der Waals surface area (Å²) in [6, 6.07) is 5.06. The number of phenols is 1. The van der Waals surface area contributed by atoms with Gasteiger partial charge >= 0.3 is 5.97 Å². The second kappa shape index (κ2) is 26.0. The molecule has 2 unspecified atom stereocenters. The summed E-state index contributed by atoms with van der Waals surface area (Å²) in [5, 5.41) is 59.2. The van der Waals surface area contributed by atoms with Gasteiger partial charge in [-0.1, -0.05) is 90.4 Å². The lowest BCUT2D eigenvalue weighted by Gasteiger charge is -2.34. The average Bonchev–Trinajstić information content (AvgIpc) is 3.96. The van der Waals surface area contributed by atoms with E-state index in [9.17, 15) is 54.0 Å². The van der Waals surface area contributed by atoms with E-state index < -0.39 is 108 Å². The zero-order valence-corrected chi connectivity index (χ0v) is 41.1. The number of carboxylic acids is 1. The molecular formula is C46H62ClN9O11S2. The van der Waals surface area contributed by atoms with E-state index in [1.54, 1.807) is 13.8 Å². The highest BCUT2D eigenvalue weighted by Gasteiger charge is 2.43. The number of imidazole rings is 1. The molecule has 3 heterocycles. The van der Waals surface area contributed by atoms with Gasteiger partial charge in [-0.05, 0) is 61.8 Å². The van der Waals surface area contributed by atoms with Crippen molar-refractivity contribution in [1.29, 1.82) is 0 Å². The molecule has 5 rings (SSSR count). The molecule has 2 saturated heterocycles. The number of nitrogens with one attached hydrogen (secondary N) is 7. The van der Waals surface area contributed by atoms with Crippen LogP contribution in [0.1, 0.15) is 63.8 Å². The molecule has 0 saturated carbocycles. The SMILES string of the molecule is CC(C)C[C@@H]1NC(=O)[C@H](CC(=O)O)NC(=O)[C@H](Cc2ccc(O)c(Cl)c2)N[C@H](O)C2CC(O)CN2C(=O)[C@@H](NC(=O)[C@H](Cc2cnc[nH]2)NC(=O)[C@@H](C)Cc2ccccc2)CSSC[C@@H](C)NC1=O. The Balaban J connectivity index is 1.48. The number of phenolic OH excluding ortho intramolecular Hbond substituents is 1. The quantitative estimate of drug-likeness (QED) is 0.101. The summed E-state index contributed by atoms with van der Waals surface area (Å²) in [7, 11) is 2.49. The van der Waals surface area contributed by atoms with Gasteiger partial charge in [0, 0.05) is 48.3 Å². The van der Waals surface area contributed by atoms with Gasteiger partial charge in [0.05, 0.1) is 36.0 Å². The van der Waals surface area contributed by atoms with Crippen LogP contribution in [0.5, 0.6) is 5.75 Å². The van der Waals surface area contributed by atoms with Crippen LogP contribution in [0.2, 0.25) is 5.02 Å². The van der Waals surface area contributed by atoms with E-state index in [1.807, 2.05) is 44.2 Å². The van der Waals surface area contributed by atoms with Gasteiger partial charge in [-0.2, -0.15) is 0 Å². The Morgan fingerprint density at radius 2 is 1.57 bits per heavy atom. The second-order valence-electron chi connectivity index (χ2n) is 17.9. The number of H-pyrrole nitrogens is 1. The first-order chi connectivity index (χ1) is 32.8. The zero-order chi connectivity index (χ0) is 50.4. The molecule has 2 aliphatic heterocycles. The minimum absolute atomic E-state index is 0.00932. The number of benzene rings is 2. The number of aromatic hydroxyl groups is 1. The van der Waals surface area contributed by atoms with Crippen LogP contribution in [-0.2, 0) is 52.8 Å². The number of fused-ring (bicyclic) bond motifs is 1. The fraction of sp³-hybridized carbons (Fsp3) is 0.522. The number of amides is 6. The Morgan fingerprint density at radius 1 is 0.884 bits per heavy atom. The number of rotatable bonds is 14. The third kappa shape index (κ3) is 16.6. The summed E-state index contributed by atoms with van der Waals surface area (Å²) in [5.74, 6) is -6.32. The molecule has 20 nitrogen and oxygen atoms in total. The third-order valence-electron chi connectivity index (χ3n) is 11.5. The van der Waals surface area contributed by atoms with Crippen LogP contribution in [0.3, 0.4) is 0 Å². The highest BCUT2D eigenvalue weighted by Crippen LogP contribution is 2.28. The van der Waals surface area contributed by atoms with Crippen molar-refractivity contribution in [2.24, 2.45) is 11.8 Å². The molecule has 6 amide bonds. The Kier molecular flexibility index (Phi) is 20.6.